The lowest BCUT2D eigenvalue weighted by molar-refractivity contribution is 0.0983. The quantitative estimate of drug-likeness (QED) is 0.279. The first-order valence-electron chi connectivity index (χ1n) is 11.6. The topological polar surface area (TPSA) is 72.0 Å². The second-order valence-corrected chi connectivity index (χ2v) is 9.51. The van der Waals surface area contributed by atoms with Gasteiger partial charge in [-0.25, -0.2) is 4.98 Å². The van der Waals surface area contributed by atoms with Crippen molar-refractivity contribution in [2.75, 3.05) is 46.3 Å². The molecule has 0 atom stereocenters. The average molecular weight is 504 g/mol. The van der Waals surface area contributed by atoms with Crippen molar-refractivity contribution in [1.82, 2.24) is 9.88 Å². The first-order chi connectivity index (χ1) is 17.4. The van der Waals surface area contributed by atoms with Gasteiger partial charge in [0.15, 0.2) is 10.9 Å². The van der Waals surface area contributed by atoms with Crippen molar-refractivity contribution in [2.45, 2.75) is 6.42 Å². The van der Waals surface area contributed by atoms with Gasteiger partial charge >= 0.3 is 0 Å². The highest BCUT2D eigenvalue weighted by Crippen LogP contribution is 2.40. The number of fused-ring (bicyclic) bond motifs is 1. The molecule has 0 radical (unpaired) electrons. The molecule has 0 saturated heterocycles. The zero-order chi connectivity index (χ0) is 25.7. The molecule has 3 aromatic carbocycles. The number of ketones is 1. The van der Waals surface area contributed by atoms with Gasteiger partial charge < -0.3 is 14.4 Å². The van der Waals surface area contributed by atoms with Crippen LogP contribution in [0.25, 0.3) is 10.2 Å². The molecular formula is C28H29N3O4S. The van der Waals surface area contributed by atoms with Crippen molar-refractivity contribution in [3.8, 4) is 11.5 Å². The van der Waals surface area contributed by atoms with Gasteiger partial charge in [-0.15, -0.1) is 0 Å². The summed E-state index contributed by atoms with van der Waals surface area (Å²) >= 11 is 1.39. The van der Waals surface area contributed by atoms with Crippen LogP contribution in [0.15, 0.2) is 66.7 Å². The van der Waals surface area contributed by atoms with Crippen LogP contribution < -0.4 is 14.4 Å². The zero-order valence-electron chi connectivity index (χ0n) is 20.9. The molecule has 0 aliphatic carbocycles. The van der Waals surface area contributed by atoms with Gasteiger partial charge in [0.2, 0.25) is 0 Å². The molecule has 0 aliphatic heterocycles. The summed E-state index contributed by atoms with van der Waals surface area (Å²) in [7, 11) is 7.21. The van der Waals surface area contributed by atoms with E-state index in [4.69, 9.17) is 14.5 Å². The first-order valence-corrected chi connectivity index (χ1v) is 12.4. The third kappa shape index (κ3) is 5.40. The van der Waals surface area contributed by atoms with E-state index in [9.17, 15) is 9.59 Å². The Kier molecular flexibility index (Phi) is 7.97. The second-order valence-electron chi connectivity index (χ2n) is 8.53. The summed E-state index contributed by atoms with van der Waals surface area (Å²) in [6, 6.07) is 19.5. The lowest BCUT2D eigenvalue weighted by Crippen LogP contribution is -2.33. The van der Waals surface area contributed by atoms with Gasteiger partial charge in [0.05, 0.1) is 14.2 Å². The standard InChI is InChI=1S/C28H29N3O4S/c1-30(2)17-8-18-31(28-29-24-22(34-3)15-16-23(35-4)26(24)36-28)27(33)21-13-11-20(12-14-21)25(32)19-9-6-5-7-10-19/h5-7,9-16H,8,17-18H2,1-4H3. The number of benzene rings is 3. The fourth-order valence-electron chi connectivity index (χ4n) is 3.90. The van der Waals surface area contributed by atoms with Crippen molar-refractivity contribution < 1.29 is 19.1 Å². The Morgan fingerprint density at radius 3 is 2.06 bits per heavy atom. The summed E-state index contributed by atoms with van der Waals surface area (Å²) in [6.45, 7) is 1.32. The van der Waals surface area contributed by atoms with E-state index in [0.717, 1.165) is 17.7 Å². The highest BCUT2D eigenvalue weighted by molar-refractivity contribution is 7.22. The van der Waals surface area contributed by atoms with Gasteiger partial charge in [0.1, 0.15) is 21.7 Å². The van der Waals surface area contributed by atoms with E-state index in [-0.39, 0.29) is 11.7 Å². The van der Waals surface area contributed by atoms with Crippen molar-refractivity contribution >= 4 is 38.4 Å². The predicted octanol–water partition coefficient (Wildman–Crippen LogP) is 5.14. The van der Waals surface area contributed by atoms with Gasteiger partial charge in [-0.05, 0) is 51.3 Å². The Bertz CT molecular complexity index is 1310. The molecule has 0 bridgehead atoms. The molecule has 0 unspecified atom stereocenters. The molecule has 1 amide bonds. The smallest absolute Gasteiger partial charge is 0.260 e. The van der Waals surface area contributed by atoms with Crippen LogP contribution in [0.3, 0.4) is 0 Å². The summed E-state index contributed by atoms with van der Waals surface area (Å²) in [5.74, 6) is 1.05. The van der Waals surface area contributed by atoms with E-state index < -0.39 is 0 Å². The van der Waals surface area contributed by atoms with Crippen LogP contribution in [-0.2, 0) is 0 Å². The number of hydrogen-bond donors (Lipinski definition) is 0. The molecule has 4 aromatic rings. The minimum absolute atomic E-state index is 0.0807. The van der Waals surface area contributed by atoms with Crippen LogP contribution >= 0.6 is 11.3 Å². The highest BCUT2D eigenvalue weighted by Gasteiger charge is 2.24. The Balaban J connectivity index is 1.67. The monoisotopic (exact) mass is 503 g/mol. The third-order valence-corrected chi connectivity index (χ3v) is 6.88. The van der Waals surface area contributed by atoms with E-state index >= 15 is 0 Å². The molecule has 36 heavy (non-hydrogen) atoms. The molecule has 4 rings (SSSR count). The Labute approximate surface area is 214 Å². The van der Waals surface area contributed by atoms with E-state index in [2.05, 4.69) is 4.90 Å². The van der Waals surface area contributed by atoms with Crippen LogP contribution in [0, 0.1) is 0 Å². The number of nitrogens with zero attached hydrogens (tertiary/aromatic N) is 3. The van der Waals surface area contributed by atoms with E-state index in [1.54, 1.807) is 55.5 Å². The van der Waals surface area contributed by atoms with Crippen molar-refractivity contribution in [2.24, 2.45) is 0 Å². The molecule has 0 spiro atoms. The van der Waals surface area contributed by atoms with Crippen LogP contribution in [0.2, 0.25) is 0 Å². The highest BCUT2D eigenvalue weighted by atomic mass is 32.1. The largest absolute Gasteiger partial charge is 0.495 e. The number of anilines is 1. The molecular weight excluding hydrogens is 474 g/mol. The Morgan fingerprint density at radius 1 is 0.806 bits per heavy atom. The summed E-state index contributed by atoms with van der Waals surface area (Å²) in [5, 5.41) is 0.570. The number of methoxy groups -OCH3 is 2. The lowest BCUT2D eigenvalue weighted by atomic mass is 10.0. The Hall–Kier alpha value is -3.75. The normalized spacial score (nSPS) is 11.0. The summed E-state index contributed by atoms with van der Waals surface area (Å²) < 4.78 is 11.8. The van der Waals surface area contributed by atoms with Gasteiger partial charge in [0.25, 0.3) is 5.91 Å². The van der Waals surface area contributed by atoms with Crippen LogP contribution in [0.4, 0.5) is 5.13 Å². The molecule has 0 saturated carbocycles. The molecule has 1 aromatic heterocycles. The minimum Gasteiger partial charge on any atom is -0.495 e. The molecule has 0 N–H and O–H groups in total. The molecule has 7 nitrogen and oxygen atoms in total. The number of carbonyl (C=O) groups excluding carboxylic acids is 2. The molecule has 8 heteroatoms. The zero-order valence-corrected chi connectivity index (χ0v) is 21.7. The van der Waals surface area contributed by atoms with Gasteiger partial charge in [-0.3, -0.25) is 14.5 Å². The van der Waals surface area contributed by atoms with Crippen LogP contribution in [-0.4, -0.2) is 63.0 Å². The fraction of sp³-hybridized carbons (Fsp3) is 0.250. The molecule has 186 valence electrons. The molecule has 0 fully saturated rings. The summed E-state index contributed by atoms with van der Waals surface area (Å²) in [5.41, 5.74) is 2.29. The predicted molar refractivity (Wildman–Crippen MR) is 144 cm³/mol. The number of aromatic nitrogens is 1. The maximum absolute atomic E-state index is 13.7. The van der Waals surface area contributed by atoms with E-state index in [1.165, 1.54) is 11.3 Å². The van der Waals surface area contributed by atoms with Crippen molar-refractivity contribution in [3.63, 3.8) is 0 Å². The van der Waals surface area contributed by atoms with Crippen LogP contribution in [0.1, 0.15) is 32.7 Å². The van der Waals surface area contributed by atoms with Gasteiger partial charge in [-0.2, -0.15) is 0 Å². The maximum Gasteiger partial charge on any atom is 0.260 e. The number of hydrogen-bond acceptors (Lipinski definition) is 7. The number of thiazole rings is 1. The average Bonchev–Trinajstić information content (AvgIpc) is 3.35. The minimum atomic E-state index is -0.176. The number of ether oxygens (including phenoxy) is 2. The number of carbonyl (C=O) groups is 2. The van der Waals surface area contributed by atoms with Gasteiger partial charge in [0, 0.05) is 23.2 Å². The maximum atomic E-state index is 13.7. The Morgan fingerprint density at radius 2 is 1.42 bits per heavy atom. The molecule has 1 heterocycles. The fourth-order valence-corrected chi connectivity index (χ4v) is 4.99. The van der Waals surface area contributed by atoms with Crippen molar-refractivity contribution in [3.05, 3.63) is 83.4 Å². The molecule has 0 aliphatic rings. The number of amides is 1. The van der Waals surface area contributed by atoms with Crippen molar-refractivity contribution in [1.29, 1.82) is 0 Å². The summed E-state index contributed by atoms with van der Waals surface area (Å²) in [4.78, 5) is 35.0. The summed E-state index contributed by atoms with van der Waals surface area (Å²) in [6.07, 6.45) is 0.771. The second kappa shape index (κ2) is 11.3. The lowest BCUT2D eigenvalue weighted by Gasteiger charge is -2.21. The SMILES string of the molecule is COc1ccc(OC)c2sc(N(CCCN(C)C)C(=O)c3ccc(C(=O)c4ccccc4)cc3)nc12. The third-order valence-electron chi connectivity index (χ3n) is 5.79. The van der Waals surface area contributed by atoms with E-state index in [0.29, 0.717) is 45.4 Å². The van der Waals surface area contributed by atoms with Crippen LogP contribution in [0.5, 0.6) is 11.5 Å². The van der Waals surface area contributed by atoms with E-state index in [1.807, 2.05) is 44.4 Å². The first kappa shape index (κ1) is 25.3. The van der Waals surface area contributed by atoms with Gasteiger partial charge in [-0.1, -0.05) is 53.8 Å². The number of rotatable bonds is 10.